The third-order valence-electron chi connectivity index (χ3n) is 4.33. The summed E-state index contributed by atoms with van der Waals surface area (Å²) < 4.78 is 23.0. The summed E-state index contributed by atoms with van der Waals surface area (Å²) in [6.45, 7) is 6.26. The minimum absolute atomic E-state index is 0.0479. The monoisotopic (exact) mass is 569 g/mol. The van der Waals surface area contributed by atoms with E-state index in [1.54, 1.807) is 0 Å². The van der Waals surface area contributed by atoms with Gasteiger partial charge in [0.15, 0.2) is 11.4 Å². The van der Waals surface area contributed by atoms with Crippen LogP contribution >= 0.6 is 31.9 Å². The summed E-state index contributed by atoms with van der Waals surface area (Å²) in [5.74, 6) is -0.221. The van der Waals surface area contributed by atoms with E-state index in [4.69, 9.17) is 18.6 Å². The quantitative estimate of drug-likeness (QED) is 0.416. The summed E-state index contributed by atoms with van der Waals surface area (Å²) >= 11 is 7.05. The largest absolute Gasteiger partial charge is 0.479 e. The Kier molecular flexibility index (Phi) is 6.99. The number of nitrogens with one attached hydrogen (secondary N) is 2. The molecule has 3 rings (SSSR count). The SMILES string of the molecule is COc1nc(OC)c(NC(=O)c2ccc(Oc3cc(C(C)(C)C)c(Br)cc3Br)o2)c(=O)[nH]1. The molecule has 0 aliphatic heterocycles. The van der Waals surface area contributed by atoms with E-state index < -0.39 is 11.5 Å². The zero-order valence-electron chi connectivity index (χ0n) is 18.0. The van der Waals surface area contributed by atoms with Crippen LogP contribution in [0.2, 0.25) is 0 Å². The highest BCUT2D eigenvalue weighted by Crippen LogP contribution is 2.39. The molecule has 0 radical (unpaired) electrons. The molecule has 1 aromatic carbocycles. The topological polar surface area (TPSA) is 116 Å². The molecular weight excluding hydrogens is 550 g/mol. The average Bonchev–Trinajstić information content (AvgIpc) is 3.19. The normalized spacial score (nSPS) is 11.2. The van der Waals surface area contributed by atoms with Crippen LogP contribution in [-0.4, -0.2) is 30.1 Å². The third-order valence-corrected chi connectivity index (χ3v) is 5.61. The van der Waals surface area contributed by atoms with E-state index in [9.17, 15) is 9.59 Å². The van der Waals surface area contributed by atoms with Crippen LogP contribution in [0.4, 0.5) is 5.69 Å². The number of nitrogens with zero attached hydrogens (tertiary/aromatic N) is 1. The molecule has 2 N–H and O–H groups in total. The predicted molar refractivity (Wildman–Crippen MR) is 125 cm³/mol. The van der Waals surface area contributed by atoms with E-state index in [1.165, 1.54) is 26.4 Å². The molecule has 11 heteroatoms. The molecule has 0 spiro atoms. The molecule has 170 valence electrons. The lowest BCUT2D eigenvalue weighted by molar-refractivity contribution is 0.0991. The molecule has 2 aromatic heterocycles. The zero-order chi connectivity index (χ0) is 23.6. The van der Waals surface area contributed by atoms with Gasteiger partial charge >= 0.3 is 0 Å². The summed E-state index contributed by atoms with van der Waals surface area (Å²) in [6, 6.07) is 6.67. The van der Waals surface area contributed by atoms with Crippen molar-refractivity contribution in [1.29, 1.82) is 0 Å². The number of furan rings is 1. The Balaban J connectivity index is 1.83. The van der Waals surface area contributed by atoms with Crippen LogP contribution in [0, 0.1) is 0 Å². The third kappa shape index (κ3) is 5.16. The van der Waals surface area contributed by atoms with E-state index in [2.05, 4.69) is 67.9 Å². The Morgan fingerprint density at radius 3 is 2.47 bits per heavy atom. The number of amides is 1. The Labute approximate surface area is 200 Å². The lowest BCUT2D eigenvalue weighted by atomic mass is 9.87. The number of aromatic nitrogens is 2. The van der Waals surface area contributed by atoms with Crippen LogP contribution in [-0.2, 0) is 5.41 Å². The molecule has 32 heavy (non-hydrogen) atoms. The molecule has 0 saturated carbocycles. The first-order valence-electron chi connectivity index (χ1n) is 9.34. The van der Waals surface area contributed by atoms with E-state index in [1.807, 2.05) is 12.1 Å². The first-order chi connectivity index (χ1) is 15.0. The average molecular weight is 571 g/mol. The fourth-order valence-electron chi connectivity index (χ4n) is 2.75. The number of benzene rings is 1. The van der Waals surface area contributed by atoms with Crippen molar-refractivity contribution >= 4 is 43.5 Å². The summed E-state index contributed by atoms with van der Waals surface area (Å²) in [4.78, 5) is 31.2. The number of aromatic amines is 1. The molecule has 3 aromatic rings. The van der Waals surface area contributed by atoms with Crippen molar-refractivity contribution in [1.82, 2.24) is 9.97 Å². The van der Waals surface area contributed by atoms with Gasteiger partial charge in [0.2, 0.25) is 5.88 Å². The molecule has 9 nitrogen and oxygen atoms in total. The number of halogens is 2. The Bertz CT molecular complexity index is 1210. The highest BCUT2D eigenvalue weighted by atomic mass is 79.9. The molecule has 0 aliphatic carbocycles. The summed E-state index contributed by atoms with van der Waals surface area (Å²) in [7, 11) is 2.66. The van der Waals surface area contributed by atoms with Gasteiger partial charge in [-0.1, -0.05) is 36.7 Å². The smallest absolute Gasteiger partial charge is 0.299 e. The zero-order valence-corrected chi connectivity index (χ0v) is 21.1. The summed E-state index contributed by atoms with van der Waals surface area (Å²) in [5, 5.41) is 2.43. The first-order valence-corrected chi connectivity index (χ1v) is 10.9. The van der Waals surface area contributed by atoms with Gasteiger partial charge < -0.3 is 23.9 Å². The van der Waals surface area contributed by atoms with Crippen LogP contribution in [0.25, 0.3) is 0 Å². The second-order valence-electron chi connectivity index (χ2n) is 7.65. The van der Waals surface area contributed by atoms with Crippen molar-refractivity contribution in [3.05, 3.63) is 54.9 Å². The molecule has 0 bridgehead atoms. The van der Waals surface area contributed by atoms with Gasteiger partial charge in [-0.05, 0) is 45.1 Å². The number of anilines is 1. The number of ether oxygens (including phenoxy) is 3. The minimum Gasteiger partial charge on any atom is -0.479 e. The summed E-state index contributed by atoms with van der Waals surface area (Å²) in [5.41, 5.74) is 0.101. The molecule has 0 unspecified atom stereocenters. The van der Waals surface area contributed by atoms with Gasteiger partial charge in [0, 0.05) is 10.5 Å². The Hall–Kier alpha value is -2.79. The maximum Gasteiger partial charge on any atom is 0.299 e. The fourth-order valence-corrected chi connectivity index (χ4v) is 4.42. The van der Waals surface area contributed by atoms with Crippen molar-refractivity contribution < 1.29 is 23.4 Å². The number of H-pyrrole nitrogens is 1. The van der Waals surface area contributed by atoms with Crippen molar-refractivity contribution in [2.45, 2.75) is 26.2 Å². The molecule has 0 fully saturated rings. The van der Waals surface area contributed by atoms with Crippen LogP contribution in [0.15, 0.2) is 42.4 Å². The fraction of sp³-hybridized carbons (Fsp3) is 0.286. The van der Waals surface area contributed by atoms with Gasteiger partial charge in [-0.15, -0.1) is 0 Å². The van der Waals surface area contributed by atoms with Crippen LogP contribution in [0.5, 0.6) is 23.6 Å². The molecule has 0 aliphatic rings. The Morgan fingerprint density at radius 1 is 1.12 bits per heavy atom. The number of hydrogen-bond donors (Lipinski definition) is 2. The maximum atomic E-state index is 12.6. The lowest BCUT2D eigenvalue weighted by Crippen LogP contribution is -2.21. The number of carbonyl (C=O) groups is 1. The van der Waals surface area contributed by atoms with Gasteiger partial charge in [0.1, 0.15) is 5.75 Å². The van der Waals surface area contributed by atoms with Gasteiger partial charge in [0.25, 0.3) is 23.4 Å². The van der Waals surface area contributed by atoms with E-state index in [0.29, 0.717) is 10.2 Å². The number of rotatable bonds is 6. The van der Waals surface area contributed by atoms with Gasteiger partial charge in [0.05, 0.1) is 18.7 Å². The molecule has 0 saturated heterocycles. The second-order valence-corrected chi connectivity index (χ2v) is 9.36. The van der Waals surface area contributed by atoms with E-state index in [0.717, 1.165) is 10.0 Å². The van der Waals surface area contributed by atoms with Crippen molar-refractivity contribution in [2.75, 3.05) is 19.5 Å². The standard InChI is InChI=1S/C21H21Br2N3O6/c1-21(2,3)10-8-14(12(23)9-11(10)22)32-15-7-6-13(31-15)17(27)24-16-18(28)25-20(30-5)26-19(16)29-4/h6-9H,1-5H3,(H,24,27)(H,25,26,28). The van der Waals surface area contributed by atoms with Gasteiger partial charge in [-0.2, -0.15) is 4.98 Å². The predicted octanol–water partition coefficient (Wildman–Crippen LogP) is 5.25. The number of methoxy groups -OCH3 is 2. The minimum atomic E-state index is -0.680. The highest BCUT2D eigenvalue weighted by molar-refractivity contribution is 9.11. The van der Waals surface area contributed by atoms with Crippen molar-refractivity contribution in [2.24, 2.45) is 0 Å². The number of carbonyl (C=O) groups excluding carboxylic acids is 1. The van der Waals surface area contributed by atoms with Crippen molar-refractivity contribution in [3.8, 4) is 23.6 Å². The number of hydrogen-bond acceptors (Lipinski definition) is 7. The lowest BCUT2D eigenvalue weighted by Gasteiger charge is -2.22. The molecular formula is C21H21Br2N3O6. The van der Waals surface area contributed by atoms with Crippen molar-refractivity contribution in [3.63, 3.8) is 0 Å². The van der Waals surface area contributed by atoms with Crippen LogP contribution in [0.1, 0.15) is 36.9 Å². The Morgan fingerprint density at radius 2 is 1.84 bits per heavy atom. The summed E-state index contributed by atoms with van der Waals surface area (Å²) in [6.07, 6.45) is 0. The second kappa shape index (κ2) is 9.37. The van der Waals surface area contributed by atoms with Crippen LogP contribution < -0.4 is 25.1 Å². The molecule has 1 amide bonds. The molecule has 0 atom stereocenters. The van der Waals surface area contributed by atoms with E-state index >= 15 is 0 Å². The van der Waals surface area contributed by atoms with Crippen LogP contribution in [0.3, 0.4) is 0 Å². The van der Waals surface area contributed by atoms with Gasteiger partial charge in [-0.3, -0.25) is 14.6 Å². The first kappa shape index (κ1) is 23.9. The van der Waals surface area contributed by atoms with Gasteiger partial charge in [-0.25, -0.2) is 0 Å². The maximum absolute atomic E-state index is 12.6. The highest BCUT2D eigenvalue weighted by Gasteiger charge is 2.22. The van der Waals surface area contributed by atoms with E-state index in [-0.39, 0.29) is 34.7 Å². The molecule has 2 heterocycles.